The molecule has 2 aromatic carbocycles. The summed E-state index contributed by atoms with van der Waals surface area (Å²) in [7, 11) is 3.27. The zero-order valence-electron chi connectivity index (χ0n) is 20.7. The number of methoxy groups -OCH3 is 1. The molecule has 3 atom stereocenters. The van der Waals surface area contributed by atoms with E-state index in [1.807, 2.05) is 13.8 Å². The van der Waals surface area contributed by atoms with E-state index in [0.29, 0.717) is 24.3 Å². The summed E-state index contributed by atoms with van der Waals surface area (Å²) in [5.41, 5.74) is 0.558. The minimum Gasteiger partial charge on any atom is -0.491 e. The van der Waals surface area contributed by atoms with Crippen molar-refractivity contribution in [3.05, 3.63) is 59.4 Å². The highest BCUT2D eigenvalue weighted by atomic mass is 19.1. The highest BCUT2D eigenvalue weighted by Gasteiger charge is 2.29. The van der Waals surface area contributed by atoms with Crippen LogP contribution in [0.2, 0.25) is 0 Å². The van der Waals surface area contributed by atoms with Gasteiger partial charge in [0.15, 0.2) is 0 Å². The minimum atomic E-state index is -0.635. The zero-order chi connectivity index (χ0) is 25.7. The monoisotopic (exact) mass is 485 g/mol. The number of amides is 3. The number of hydrogen-bond donors (Lipinski definition) is 1. The zero-order valence-corrected chi connectivity index (χ0v) is 20.7. The van der Waals surface area contributed by atoms with Gasteiger partial charge in [0.05, 0.1) is 23.3 Å². The Morgan fingerprint density at radius 2 is 1.86 bits per heavy atom. The van der Waals surface area contributed by atoms with Gasteiger partial charge in [0, 0.05) is 51.8 Å². The standard InChI is InChI=1S/C26H32FN3O5/c1-16-13-30(18(3)31)17(2)15-35-23-12-19(28-25(32)20-8-6-7-9-22(20)27)10-11-21(23)26(33)29(4)14-24(16)34-5/h6-12,16-17,24H,13-15H2,1-5H3,(H,28,32)/t16-,17-,24+/m1/s1. The molecule has 0 radical (unpaired) electrons. The lowest BCUT2D eigenvalue weighted by atomic mass is 10.0. The summed E-state index contributed by atoms with van der Waals surface area (Å²) < 4.78 is 25.7. The quantitative estimate of drug-likeness (QED) is 0.720. The van der Waals surface area contributed by atoms with Crippen molar-refractivity contribution >= 4 is 23.4 Å². The normalized spacial score (nSPS) is 21.3. The van der Waals surface area contributed by atoms with E-state index in [2.05, 4.69) is 5.32 Å². The first kappa shape index (κ1) is 26.2. The predicted molar refractivity (Wildman–Crippen MR) is 130 cm³/mol. The molecule has 0 saturated heterocycles. The Bertz CT molecular complexity index is 1090. The Morgan fingerprint density at radius 1 is 1.14 bits per heavy atom. The van der Waals surface area contributed by atoms with Gasteiger partial charge in [0.2, 0.25) is 5.91 Å². The Kier molecular flexibility index (Phi) is 8.45. The summed E-state index contributed by atoms with van der Waals surface area (Å²) in [4.78, 5) is 41.5. The van der Waals surface area contributed by atoms with Gasteiger partial charge in [-0.1, -0.05) is 19.1 Å². The van der Waals surface area contributed by atoms with E-state index in [1.165, 1.54) is 31.2 Å². The van der Waals surface area contributed by atoms with Crippen molar-refractivity contribution in [1.82, 2.24) is 9.80 Å². The fourth-order valence-electron chi connectivity index (χ4n) is 4.13. The van der Waals surface area contributed by atoms with Crippen LogP contribution in [0.1, 0.15) is 41.5 Å². The van der Waals surface area contributed by atoms with Gasteiger partial charge in [-0.05, 0) is 31.2 Å². The van der Waals surface area contributed by atoms with Crippen LogP contribution in [0.3, 0.4) is 0 Å². The Balaban J connectivity index is 1.95. The van der Waals surface area contributed by atoms with Crippen molar-refractivity contribution in [2.45, 2.75) is 32.9 Å². The van der Waals surface area contributed by atoms with Crippen LogP contribution in [-0.4, -0.2) is 73.5 Å². The van der Waals surface area contributed by atoms with Gasteiger partial charge in [-0.2, -0.15) is 0 Å². The highest BCUT2D eigenvalue weighted by molar-refractivity contribution is 6.05. The van der Waals surface area contributed by atoms with Crippen LogP contribution >= 0.6 is 0 Å². The van der Waals surface area contributed by atoms with E-state index in [9.17, 15) is 18.8 Å². The number of carbonyl (C=O) groups excluding carboxylic acids is 3. The number of carbonyl (C=O) groups is 3. The molecule has 0 aromatic heterocycles. The fourth-order valence-corrected chi connectivity index (χ4v) is 4.13. The van der Waals surface area contributed by atoms with Crippen molar-refractivity contribution in [2.24, 2.45) is 5.92 Å². The summed E-state index contributed by atoms with van der Waals surface area (Å²) in [5, 5.41) is 2.65. The van der Waals surface area contributed by atoms with Gasteiger partial charge in [-0.25, -0.2) is 4.39 Å². The van der Waals surface area contributed by atoms with E-state index in [1.54, 1.807) is 42.2 Å². The molecular weight excluding hydrogens is 453 g/mol. The lowest BCUT2D eigenvalue weighted by molar-refractivity contribution is -0.133. The molecule has 35 heavy (non-hydrogen) atoms. The van der Waals surface area contributed by atoms with E-state index < -0.39 is 11.7 Å². The molecule has 3 amide bonds. The first-order valence-corrected chi connectivity index (χ1v) is 11.5. The summed E-state index contributed by atoms with van der Waals surface area (Å²) >= 11 is 0. The van der Waals surface area contributed by atoms with E-state index in [0.717, 1.165) is 0 Å². The van der Waals surface area contributed by atoms with E-state index in [4.69, 9.17) is 9.47 Å². The third-order valence-corrected chi connectivity index (χ3v) is 6.23. The van der Waals surface area contributed by atoms with Crippen LogP contribution in [0.4, 0.5) is 10.1 Å². The third-order valence-electron chi connectivity index (χ3n) is 6.23. The lowest BCUT2D eigenvalue weighted by Gasteiger charge is -2.35. The van der Waals surface area contributed by atoms with E-state index in [-0.39, 0.29) is 47.8 Å². The van der Waals surface area contributed by atoms with Crippen LogP contribution in [0.25, 0.3) is 0 Å². The second-order valence-electron chi connectivity index (χ2n) is 8.91. The maximum absolute atomic E-state index is 14.0. The highest BCUT2D eigenvalue weighted by Crippen LogP contribution is 2.27. The van der Waals surface area contributed by atoms with Gasteiger partial charge in [0.1, 0.15) is 18.2 Å². The molecular formula is C26H32FN3O5. The number of nitrogens with zero attached hydrogens (tertiary/aromatic N) is 2. The molecule has 0 unspecified atom stereocenters. The first-order chi connectivity index (χ1) is 16.6. The number of nitrogens with one attached hydrogen (secondary N) is 1. The molecule has 1 heterocycles. The number of halogens is 1. The van der Waals surface area contributed by atoms with Crippen LogP contribution in [0.15, 0.2) is 42.5 Å². The number of fused-ring (bicyclic) bond motifs is 1. The Morgan fingerprint density at radius 3 is 2.51 bits per heavy atom. The van der Waals surface area contributed by atoms with Gasteiger partial charge in [-0.3, -0.25) is 14.4 Å². The van der Waals surface area contributed by atoms with Crippen LogP contribution < -0.4 is 10.1 Å². The van der Waals surface area contributed by atoms with Crippen molar-refractivity contribution in [3.8, 4) is 5.75 Å². The molecule has 0 fully saturated rings. The molecule has 3 rings (SSSR count). The van der Waals surface area contributed by atoms with Crippen molar-refractivity contribution in [2.75, 3.05) is 39.2 Å². The summed E-state index contributed by atoms with van der Waals surface area (Å²) in [6, 6.07) is 10.1. The molecule has 0 bridgehead atoms. The van der Waals surface area contributed by atoms with Crippen LogP contribution in [0, 0.1) is 11.7 Å². The molecule has 188 valence electrons. The van der Waals surface area contributed by atoms with Gasteiger partial charge >= 0.3 is 0 Å². The maximum Gasteiger partial charge on any atom is 0.258 e. The van der Waals surface area contributed by atoms with Gasteiger partial charge < -0.3 is 24.6 Å². The molecule has 9 heteroatoms. The van der Waals surface area contributed by atoms with E-state index >= 15 is 0 Å². The topological polar surface area (TPSA) is 88.2 Å². The average Bonchev–Trinajstić information content (AvgIpc) is 2.83. The van der Waals surface area contributed by atoms with Crippen molar-refractivity contribution in [1.29, 1.82) is 0 Å². The largest absolute Gasteiger partial charge is 0.491 e. The van der Waals surface area contributed by atoms with Crippen molar-refractivity contribution in [3.63, 3.8) is 0 Å². The number of anilines is 1. The summed E-state index contributed by atoms with van der Waals surface area (Å²) in [6.45, 7) is 6.28. The second kappa shape index (κ2) is 11.3. The molecule has 0 aliphatic carbocycles. The van der Waals surface area contributed by atoms with Gasteiger partial charge in [0.25, 0.3) is 11.8 Å². The van der Waals surface area contributed by atoms with Gasteiger partial charge in [-0.15, -0.1) is 0 Å². The molecule has 8 nitrogen and oxygen atoms in total. The SMILES string of the molecule is CO[C@H]1CN(C)C(=O)c2ccc(NC(=O)c3ccccc3F)cc2OC[C@@H](C)N(C(C)=O)C[C@H]1C. The first-order valence-electron chi connectivity index (χ1n) is 11.5. The number of ether oxygens (including phenoxy) is 2. The molecule has 1 aliphatic heterocycles. The molecule has 1 aliphatic rings. The summed E-state index contributed by atoms with van der Waals surface area (Å²) in [5.74, 6) is -1.37. The average molecular weight is 486 g/mol. The smallest absolute Gasteiger partial charge is 0.258 e. The van der Waals surface area contributed by atoms with Crippen LogP contribution in [-0.2, 0) is 9.53 Å². The van der Waals surface area contributed by atoms with Crippen molar-refractivity contribution < 1.29 is 28.2 Å². The molecule has 0 spiro atoms. The minimum absolute atomic E-state index is 0.0172. The maximum atomic E-state index is 14.0. The molecule has 0 saturated carbocycles. The molecule has 1 N–H and O–H groups in total. The fraction of sp³-hybridized carbons (Fsp3) is 0.423. The Labute approximate surface area is 205 Å². The number of likely N-dealkylation sites (N-methyl/N-ethyl adjacent to an activating group) is 1. The lowest BCUT2D eigenvalue weighted by Crippen LogP contribution is -2.48. The number of rotatable bonds is 3. The van der Waals surface area contributed by atoms with Crippen LogP contribution in [0.5, 0.6) is 5.75 Å². The third kappa shape index (κ3) is 6.16. The predicted octanol–water partition coefficient (Wildman–Crippen LogP) is 3.43. The molecule has 2 aromatic rings. The number of benzene rings is 2. The second-order valence-corrected chi connectivity index (χ2v) is 8.91. The summed E-state index contributed by atoms with van der Waals surface area (Å²) in [6.07, 6.45) is -0.277. The number of hydrogen-bond acceptors (Lipinski definition) is 5. The Hall–Kier alpha value is -3.46.